The Labute approximate surface area is 64.6 Å². The van der Waals surface area contributed by atoms with Crippen LogP contribution in [0.3, 0.4) is 0 Å². The zero-order valence-electron chi connectivity index (χ0n) is 6.24. The van der Waals surface area contributed by atoms with E-state index in [1.165, 1.54) is 7.11 Å². The van der Waals surface area contributed by atoms with Gasteiger partial charge >= 0.3 is 0 Å². The molecule has 1 aromatic rings. The number of aromatic hydroxyl groups is 1. The van der Waals surface area contributed by atoms with E-state index in [0.717, 1.165) is 0 Å². The summed E-state index contributed by atoms with van der Waals surface area (Å²) in [5.41, 5.74) is 5.97. The van der Waals surface area contributed by atoms with Gasteiger partial charge in [0.1, 0.15) is 0 Å². The van der Waals surface area contributed by atoms with Crippen molar-refractivity contribution in [1.82, 2.24) is 4.98 Å². The molecule has 0 radical (unpaired) electrons. The standard InChI is InChI=1S/C7H10N2O2/c1-11-7-6(10)5(4-8)2-3-9-7/h2-3,10H,4,8H2,1H3. The molecular formula is C7H10N2O2. The molecule has 0 aliphatic heterocycles. The van der Waals surface area contributed by atoms with E-state index in [2.05, 4.69) is 4.98 Å². The highest BCUT2D eigenvalue weighted by atomic mass is 16.5. The zero-order chi connectivity index (χ0) is 8.27. The van der Waals surface area contributed by atoms with E-state index in [0.29, 0.717) is 5.56 Å². The van der Waals surface area contributed by atoms with E-state index in [9.17, 15) is 5.11 Å². The number of aromatic nitrogens is 1. The highest BCUT2D eigenvalue weighted by molar-refractivity contribution is 5.39. The van der Waals surface area contributed by atoms with Crippen LogP contribution >= 0.6 is 0 Å². The molecule has 4 nitrogen and oxygen atoms in total. The van der Waals surface area contributed by atoms with Crippen LogP contribution in [-0.4, -0.2) is 17.2 Å². The molecule has 0 aromatic carbocycles. The van der Waals surface area contributed by atoms with E-state index in [1.807, 2.05) is 0 Å². The molecule has 0 spiro atoms. The van der Waals surface area contributed by atoms with E-state index in [4.69, 9.17) is 10.5 Å². The van der Waals surface area contributed by atoms with Crippen molar-refractivity contribution < 1.29 is 9.84 Å². The normalized spacial score (nSPS) is 9.64. The number of nitrogens with zero attached hydrogens (tertiary/aromatic N) is 1. The fraction of sp³-hybridized carbons (Fsp3) is 0.286. The van der Waals surface area contributed by atoms with Crippen LogP contribution in [0.1, 0.15) is 5.56 Å². The lowest BCUT2D eigenvalue weighted by atomic mass is 10.2. The van der Waals surface area contributed by atoms with Crippen LogP contribution in [0.4, 0.5) is 0 Å². The number of pyridine rings is 1. The Kier molecular flexibility index (Phi) is 2.28. The van der Waals surface area contributed by atoms with Gasteiger partial charge in [-0.1, -0.05) is 0 Å². The summed E-state index contributed by atoms with van der Waals surface area (Å²) >= 11 is 0. The van der Waals surface area contributed by atoms with Crippen LogP contribution in [0.15, 0.2) is 12.3 Å². The molecule has 0 aliphatic carbocycles. The maximum atomic E-state index is 9.32. The molecule has 0 saturated heterocycles. The van der Waals surface area contributed by atoms with Gasteiger partial charge in [0, 0.05) is 18.3 Å². The Hall–Kier alpha value is -1.29. The van der Waals surface area contributed by atoms with E-state index >= 15 is 0 Å². The summed E-state index contributed by atoms with van der Waals surface area (Å²) < 4.78 is 4.77. The summed E-state index contributed by atoms with van der Waals surface area (Å²) in [7, 11) is 1.45. The fourth-order valence-electron chi connectivity index (χ4n) is 0.786. The van der Waals surface area contributed by atoms with Crippen molar-refractivity contribution in [2.45, 2.75) is 6.54 Å². The van der Waals surface area contributed by atoms with Crippen LogP contribution in [0.5, 0.6) is 11.6 Å². The van der Waals surface area contributed by atoms with Crippen LogP contribution in [0.2, 0.25) is 0 Å². The Bertz CT molecular complexity index is 228. The molecule has 0 aliphatic rings. The van der Waals surface area contributed by atoms with Gasteiger partial charge in [-0.15, -0.1) is 0 Å². The zero-order valence-corrected chi connectivity index (χ0v) is 6.24. The minimum atomic E-state index is 0.0255. The average Bonchev–Trinajstić information content (AvgIpc) is 2.05. The van der Waals surface area contributed by atoms with Gasteiger partial charge in [-0.2, -0.15) is 0 Å². The summed E-state index contributed by atoms with van der Waals surface area (Å²) in [5, 5.41) is 9.32. The first-order valence-corrected chi connectivity index (χ1v) is 3.20. The Balaban J connectivity index is 3.10. The molecule has 0 unspecified atom stereocenters. The fourth-order valence-corrected chi connectivity index (χ4v) is 0.786. The predicted molar refractivity (Wildman–Crippen MR) is 40.3 cm³/mol. The van der Waals surface area contributed by atoms with Crippen molar-refractivity contribution in [3.63, 3.8) is 0 Å². The first kappa shape index (κ1) is 7.81. The third kappa shape index (κ3) is 1.40. The molecular weight excluding hydrogens is 144 g/mol. The maximum Gasteiger partial charge on any atom is 0.256 e. The first-order chi connectivity index (χ1) is 5.29. The molecule has 3 N–H and O–H groups in total. The van der Waals surface area contributed by atoms with E-state index in [-0.39, 0.29) is 18.2 Å². The molecule has 60 valence electrons. The largest absolute Gasteiger partial charge is 0.503 e. The van der Waals surface area contributed by atoms with E-state index in [1.54, 1.807) is 12.3 Å². The van der Waals surface area contributed by atoms with Gasteiger partial charge in [0.25, 0.3) is 5.88 Å². The van der Waals surface area contributed by atoms with Crippen LogP contribution in [-0.2, 0) is 6.54 Å². The molecule has 0 amide bonds. The van der Waals surface area contributed by atoms with Crippen LogP contribution in [0, 0.1) is 0 Å². The molecule has 0 atom stereocenters. The van der Waals surface area contributed by atoms with Gasteiger partial charge in [-0.3, -0.25) is 0 Å². The Morgan fingerprint density at radius 2 is 2.45 bits per heavy atom. The first-order valence-electron chi connectivity index (χ1n) is 3.20. The molecule has 0 bridgehead atoms. The van der Waals surface area contributed by atoms with Crippen molar-refractivity contribution >= 4 is 0 Å². The molecule has 11 heavy (non-hydrogen) atoms. The molecule has 4 heteroatoms. The minimum absolute atomic E-state index is 0.0255. The van der Waals surface area contributed by atoms with Crippen molar-refractivity contribution in [2.75, 3.05) is 7.11 Å². The van der Waals surface area contributed by atoms with Crippen molar-refractivity contribution in [2.24, 2.45) is 5.73 Å². The average molecular weight is 154 g/mol. The van der Waals surface area contributed by atoms with Gasteiger partial charge < -0.3 is 15.6 Å². The second-order valence-corrected chi connectivity index (χ2v) is 2.03. The number of methoxy groups -OCH3 is 1. The maximum absolute atomic E-state index is 9.32. The van der Waals surface area contributed by atoms with E-state index < -0.39 is 0 Å². The lowest BCUT2D eigenvalue weighted by molar-refractivity contribution is 0.356. The summed E-state index contributed by atoms with van der Waals surface area (Å²) in [4.78, 5) is 3.78. The summed E-state index contributed by atoms with van der Waals surface area (Å²) in [6.07, 6.45) is 1.54. The molecule has 1 aromatic heterocycles. The van der Waals surface area contributed by atoms with Crippen molar-refractivity contribution in [3.05, 3.63) is 17.8 Å². The third-order valence-corrected chi connectivity index (χ3v) is 1.39. The predicted octanol–water partition coefficient (Wildman–Crippen LogP) is 0.254. The Morgan fingerprint density at radius 3 is 3.00 bits per heavy atom. The molecule has 0 saturated carbocycles. The molecule has 1 heterocycles. The van der Waals surface area contributed by atoms with Crippen molar-refractivity contribution in [1.29, 1.82) is 0 Å². The van der Waals surface area contributed by atoms with Gasteiger partial charge in [0.15, 0.2) is 5.75 Å². The topological polar surface area (TPSA) is 68.4 Å². The SMILES string of the molecule is COc1nccc(CN)c1O. The summed E-state index contributed by atoms with van der Waals surface area (Å²) in [6.45, 7) is 0.282. The second kappa shape index (κ2) is 3.21. The summed E-state index contributed by atoms with van der Waals surface area (Å²) in [5.74, 6) is 0.241. The number of hydrogen-bond acceptors (Lipinski definition) is 4. The number of nitrogens with two attached hydrogens (primary N) is 1. The van der Waals surface area contributed by atoms with Gasteiger partial charge in [-0.25, -0.2) is 4.98 Å². The second-order valence-electron chi connectivity index (χ2n) is 2.03. The summed E-state index contributed by atoms with van der Waals surface area (Å²) in [6, 6.07) is 1.65. The highest BCUT2D eigenvalue weighted by Crippen LogP contribution is 2.25. The quantitative estimate of drug-likeness (QED) is 0.640. The lowest BCUT2D eigenvalue weighted by Crippen LogP contribution is -1.98. The monoisotopic (exact) mass is 154 g/mol. The molecule has 0 fully saturated rings. The van der Waals surface area contributed by atoms with Crippen LogP contribution < -0.4 is 10.5 Å². The van der Waals surface area contributed by atoms with Gasteiger partial charge in [-0.05, 0) is 6.07 Å². The Morgan fingerprint density at radius 1 is 1.73 bits per heavy atom. The van der Waals surface area contributed by atoms with Crippen molar-refractivity contribution in [3.8, 4) is 11.6 Å². The molecule has 1 rings (SSSR count). The number of rotatable bonds is 2. The lowest BCUT2D eigenvalue weighted by Gasteiger charge is -2.04. The highest BCUT2D eigenvalue weighted by Gasteiger charge is 2.05. The smallest absolute Gasteiger partial charge is 0.256 e. The van der Waals surface area contributed by atoms with Gasteiger partial charge in [0.2, 0.25) is 0 Å². The third-order valence-electron chi connectivity index (χ3n) is 1.39. The number of ether oxygens (including phenoxy) is 1. The minimum Gasteiger partial charge on any atom is -0.503 e. The van der Waals surface area contributed by atoms with Gasteiger partial charge in [0.05, 0.1) is 7.11 Å². The number of hydrogen-bond donors (Lipinski definition) is 2. The van der Waals surface area contributed by atoms with Crippen LogP contribution in [0.25, 0.3) is 0 Å².